The number of hydrogen-bond donors (Lipinski definition) is 0. The Morgan fingerprint density at radius 2 is 1.52 bits per heavy atom. The number of unbranched alkanes of at least 4 members (excludes halogenated alkanes) is 1. The van der Waals surface area contributed by atoms with Gasteiger partial charge in [0.1, 0.15) is 5.78 Å². The maximum atomic E-state index is 12.1. The Morgan fingerprint density at radius 1 is 0.931 bits per heavy atom. The molecule has 0 aromatic carbocycles. The summed E-state index contributed by atoms with van der Waals surface area (Å²) in [7, 11) is 0. The van der Waals surface area contributed by atoms with E-state index in [0.717, 1.165) is 38.7 Å². The highest BCUT2D eigenvalue weighted by Gasteiger charge is 2.33. The minimum atomic E-state index is -0.146. The molecule has 0 aromatic rings. The lowest BCUT2D eigenvalue weighted by molar-refractivity contribution is -0.147. The number of esters is 1. The van der Waals surface area contributed by atoms with E-state index < -0.39 is 0 Å². The molecule has 0 bridgehead atoms. The van der Waals surface area contributed by atoms with Crippen LogP contribution in [0.1, 0.15) is 107 Å². The summed E-state index contributed by atoms with van der Waals surface area (Å²) in [4.78, 5) is 23.7. The van der Waals surface area contributed by atoms with Gasteiger partial charge in [-0.25, -0.2) is 0 Å². The van der Waals surface area contributed by atoms with Crippen molar-refractivity contribution in [2.75, 3.05) is 13.2 Å². The number of carbonyl (C=O) groups excluding carboxylic acids is 2. The zero-order valence-corrected chi connectivity index (χ0v) is 20.7. The van der Waals surface area contributed by atoms with Crippen LogP contribution >= 0.6 is 0 Å². The minimum Gasteiger partial charge on any atom is -0.465 e. The zero-order valence-electron chi connectivity index (χ0n) is 20.7. The Kier molecular flexibility index (Phi) is 13.0. The molecular formula is C25H48O4. The van der Waals surface area contributed by atoms with Gasteiger partial charge in [-0.1, -0.05) is 54.9 Å². The normalized spacial score (nSPS) is 13.8. The first kappa shape index (κ1) is 28.1. The van der Waals surface area contributed by atoms with Gasteiger partial charge in [-0.15, -0.1) is 0 Å². The second-order valence-corrected chi connectivity index (χ2v) is 10.6. The highest BCUT2D eigenvalue weighted by Crippen LogP contribution is 2.41. The fraction of sp³-hybridized carbons (Fsp3) is 0.920. The number of carbonyl (C=O) groups is 2. The molecule has 0 saturated heterocycles. The number of Topliss-reactive ketones (excluding diaryl/α,β-unsaturated/α-hetero) is 1. The summed E-state index contributed by atoms with van der Waals surface area (Å²) >= 11 is 0. The monoisotopic (exact) mass is 412 g/mol. The fourth-order valence-corrected chi connectivity index (χ4v) is 3.67. The molecule has 172 valence electrons. The van der Waals surface area contributed by atoms with E-state index in [4.69, 9.17) is 9.47 Å². The maximum Gasteiger partial charge on any atom is 0.305 e. The van der Waals surface area contributed by atoms with Crippen LogP contribution in [0.25, 0.3) is 0 Å². The van der Waals surface area contributed by atoms with E-state index in [9.17, 15) is 9.59 Å². The Labute approximate surface area is 180 Å². The summed E-state index contributed by atoms with van der Waals surface area (Å²) < 4.78 is 11.3. The largest absolute Gasteiger partial charge is 0.465 e. The fourth-order valence-electron chi connectivity index (χ4n) is 3.67. The zero-order chi connectivity index (χ0) is 22.7. The van der Waals surface area contributed by atoms with Gasteiger partial charge in [0, 0.05) is 25.4 Å². The second-order valence-electron chi connectivity index (χ2n) is 10.6. The third kappa shape index (κ3) is 13.1. The number of ketones is 1. The van der Waals surface area contributed by atoms with Crippen LogP contribution in [0.15, 0.2) is 0 Å². The molecule has 29 heavy (non-hydrogen) atoms. The number of hydrogen-bond acceptors (Lipinski definition) is 4. The average Bonchev–Trinajstić information content (AvgIpc) is 2.60. The Hall–Kier alpha value is -0.900. The standard InChI is InChI=1S/C25H48O4/c1-10-21(25(8,9)15-16-28-20(4)5)17-24(6,7)18-29-23(27)14-12-11-13-22(26)19(2)3/h19-21H,10-18H2,1-9H3. The first-order chi connectivity index (χ1) is 13.3. The molecular weight excluding hydrogens is 364 g/mol. The van der Waals surface area contributed by atoms with E-state index in [1.165, 1.54) is 0 Å². The SMILES string of the molecule is CCC(CC(C)(C)COC(=O)CCCCC(=O)C(C)C)C(C)(C)CCOC(C)C. The molecule has 0 aliphatic rings. The summed E-state index contributed by atoms with van der Waals surface area (Å²) in [5.41, 5.74) is 0.133. The first-order valence-electron chi connectivity index (χ1n) is 11.6. The first-order valence-corrected chi connectivity index (χ1v) is 11.6. The summed E-state index contributed by atoms with van der Waals surface area (Å²) in [5.74, 6) is 0.753. The molecule has 1 atom stereocenters. The molecule has 4 nitrogen and oxygen atoms in total. The number of ether oxygens (including phenoxy) is 2. The molecule has 0 N–H and O–H groups in total. The van der Waals surface area contributed by atoms with Crippen LogP contribution in [0.4, 0.5) is 0 Å². The third-order valence-corrected chi connectivity index (χ3v) is 5.92. The molecule has 0 aromatic heterocycles. The number of rotatable bonds is 16. The molecule has 0 heterocycles. The van der Waals surface area contributed by atoms with E-state index in [1.54, 1.807) is 0 Å². The average molecular weight is 413 g/mol. The third-order valence-electron chi connectivity index (χ3n) is 5.92. The topological polar surface area (TPSA) is 52.6 Å². The van der Waals surface area contributed by atoms with Gasteiger partial charge in [0.25, 0.3) is 0 Å². The minimum absolute atomic E-state index is 0.0554. The molecule has 0 aliphatic carbocycles. The molecule has 0 rings (SSSR count). The van der Waals surface area contributed by atoms with Gasteiger partial charge in [0.05, 0.1) is 12.7 Å². The van der Waals surface area contributed by atoms with Crippen molar-refractivity contribution in [3.05, 3.63) is 0 Å². The summed E-state index contributed by atoms with van der Waals surface area (Å²) in [5, 5.41) is 0. The van der Waals surface area contributed by atoms with E-state index >= 15 is 0 Å². The van der Waals surface area contributed by atoms with Crippen molar-refractivity contribution < 1.29 is 19.1 Å². The van der Waals surface area contributed by atoms with Gasteiger partial charge in [-0.3, -0.25) is 9.59 Å². The smallest absolute Gasteiger partial charge is 0.305 e. The van der Waals surface area contributed by atoms with Gasteiger partial charge in [-0.05, 0) is 56.3 Å². The van der Waals surface area contributed by atoms with Crippen LogP contribution in [-0.4, -0.2) is 31.1 Å². The van der Waals surface area contributed by atoms with E-state index in [-0.39, 0.29) is 34.6 Å². The molecule has 0 radical (unpaired) electrons. The second kappa shape index (κ2) is 13.4. The molecule has 0 amide bonds. The molecule has 1 unspecified atom stereocenters. The van der Waals surface area contributed by atoms with Crippen molar-refractivity contribution in [3.63, 3.8) is 0 Å². The lowest BCUT2D eigenvalue weighted by Gasteiger charge is -2.39. The van der Waals surface area contributed by atoms with Crippen LogP contribution in [0, 0.1) is 22.7 Å². The Bertz CT molecular complexity index is 477. The predicted molar refractivity (Wildman–Crippen MR) is 121 cm³/mol. The van der Waals surface area contributed by atoms with E-state index in [0.29, 0.717) is 25.4 Å². The van der Waals surface area contributed by atoms with Crippen molar-refractivity contribution in [1.29, 1.82) is 0 Å². The molecule has 0 saturated carbocycles. The maximum absolute atomic E-state index is 12.1. The van der Waals surface area contributed by atoms with E-state index in [2.05, 4.69) is 48.5 Å². The lowest BCUT2D eigenvalue weighted by Crippen LogP contribution is -2.32. The van der Waals surface area contributed by atoms with Crippen LogP contribution in [0.3, 0.4) is 0 Å². The Balaban J connectivity index is 4.39. The lowest BCUT2D eigenvalue weighted by atomic mass is 9.68. The quantitative estimate of drug-likeness (QED) is 0.212. The van der Waals surface area contributed by atoms with Gasteiger partial charge in [0.2, 0.25) is 0 Å². The van der Waals surface area contributed by atoms with Crippen LogP contribution in [0.2, 0.25) is 0 Å². The molecule has 0 aliphatic heterocycles. The van der Waals surface area contributed by atoms with Gasteiger partial charge in [0.15, 0.2) is 0 Å². The Morgan fingerprint density at radius 3 is 2.03 bits per heavy atom. The molecule has 0 fully saturated rings. The van der Waals surface area contributed by atoms with Crippen molar-refractivity contribution in [2.24, 2.45) is 22.7 Å². The predicted octanol–water partition coefficient (Wildman–Crippen LogP) is 6.60. The van der Waals surface area contributed by atoms with Gasteiger partial charge in [-0.2, -0.15) is 0 Å². The van der Waals surface area contributed by atoms with Gasteiger partial charge >= 0.3 is 5.97 Å². The van der Waals surface area contributed by atoms with Crippen molar-refractivity contribution in [2.45, 2.75) is 113 Å². The van der Waals surface area contributed by atoms with E-state index in [1.807, 2.05) is 13.8 Å². The summed E-state index contributed by atoms with van der Waals surface area (Å²) in [6.07, 6.45) is 5.88. The van der Waals surface area contributed by atoms with Crippen LogP contribution < -0.4 is 0 Å². The van der Waals surface area contributed by atoms with Gasteiger partial charge < -0.3 is 9.47 Å². The summed E-state index contributed by atoms with van der Waals surface area (Å²) in [6, 6.07) is 0. The van der Waals surface area contributed by atoms with Crippen LogP contribution in [-0.2, 0) is 19.1 Å². The highest BCUT2D eigenvalue weighted by molar-refractivity contribution is 5.80. The molecule has 0 spiro atoms. The van der Waals surface area contributed by atoms with Crippen LogP contribution in [0.5, 0.6) is 0 Å². The van der Waals surface area contributed by atoms with Crippen molar-refractivity contribution in [3.8, 4) is 0 Å². The molecule has 4 heteroatoms. The van der Waals surface area contributed by atoms with Crippen molar-refractivity contribution in [1.82, 2.24) is 0 Å². The summed E-state index contributed by atoms with van der Waals surface area (Å²) in [6.45, 7) is 20.5. The highest BCUT2D eigenvalue weighted by atomic mass is 16.5. The van der Waals surface area contributed by atoms with Crippen molar-refractivity contribution >= 4 is 11.8 Å².